The molecule has 0 saturated heterocycles. The molecule has 0 aliphatic heterocycles. The molecule has 0 unspecified atom stereocenters. The van der Waals surface area contributed by atoms with Crippen LogP contribution in [0.3, 0.4) is 0 Å². The maximum atomic E-state index is 10.9. The molecule has 0 aliphatic carbocycles. The SMILES string of the molecule is O=C(O)c1cc2cc(CNCc3ccc(Cl)s3)ccc2o1. The topological polar surface area (TPSA) is 62.5 Å². The van der Waals surface area contributed by atoms with E-state index in [1.807, 2.05) is 24.3 Å². The van der Waals surface area contributed by atoms with E-state index in [0.29, 0.717) is 12.1 Å². The van der Waals surface area contributed by atoms with E-state index in [1.165, 1.54) is 4.88 Å². The number of benzene rings is 1. The van der Waals surface area contributed by atoms with Crippen LogP contribution in [0.2, 0.25) is 4.34 Å². The number of carboxylic acids is 1. The summed E-state index contributed by atoms with van der Waals surface area (Å²) >= 11 is 7.44. The van der Waals surface area contributed by atoms with Crippen LogP contribution in [0.15, 0.2) is 40.8 Å². The van der Waals surface area contributed by atoms with Crippen LogP contribution >= 0.6 is 22.9 Å². The highest BCUT2D eigenvalue weighted by Crippen LogP contribution is 2.22. The summed E-state index contributed by atoms with van der Waals surface area (Å²) in [5, 5.41) is 13.0. The molecule has 3 rings (SSSR count). The molecule has 2 heterocycles. The Morgan fingerprint density at radius 1 is 1.24 bits per heavy atom. The fourth-order valence-corrected chi connectivity index (χ4v) is 3.14. The molecule has 0 amide bonds. The first kappa shape index (κ1) is 14.1. The van der Waals surface area contributed by atoms with Crippen LogP contribution in [-0.2, 0) is 13.1 Å². The molecule has 0 atom stereocenters. The van der Waals surface area contributed by atoms with E-state index in [9.17, 15) is 4.79 Å². The Morgan fingerprint density at radius 2 is 2.10 bits per heavy atom. The Bertz CT molecular complexity index is 793. The first-order chi connectivity index (χ1) is 10.1. The van der Waals surface area contributed by atoms with Gasteiger partial charge in [0, 0.05) is 23.4 Å². The van der Waals surface area contributed by atoms with Crippen LogP contribution in [0.4, 0.5) is 0 Å². The van der Waals surface area contributed by atoms with E-state index in [2.05, 4.69) is 5.32 Å². The van der Waals surface area contributed by atoms with Crippen molar-refractivity contribution in [2.24, 2.45) is 0 Å². The second kappa shape index (κ2) is 5.89. The van der Waals surface area contributed by atoms with Gasteiger partial charge in [0.2, 0.25) is 5.76 Å². The van der Waals surface area contributed by atoms with Crippen molar-refractivity contribution >= 4 is 39.9 Å². The minimum Gasteiger partial charge on any atom is -0.475 e. The summed E-state index contributed by atoms with van der Waals surface area (Å²) in [6.45, 7) is 1.44. The molecule has 0 fully saturated rings. The van der Waals surface area contributed by atoms with Gasteiger partial charge in [-0.05, 0) is 35.9 Å². The summed E-state index contributed by atoms with van der Waals surface area (Å²) in [5.74, 6) is -1.09. The van der Waals surface area contributed by atoms with Crippen LogP contribution in [0.5, 0.6) is 0 Å². The highest BCUT2D eigenvalue weighted by atomic mass is 35.5. The molecule has 0 radical (unpaired) electrons. The van der Waals surface area contributed by atoms with Crippen LogP contribution in [0.25, 0.3) is 11.0 Å². The molecule has 6 heteroatoms. The number of aromatic carboxylic acids is 1. The number of hydrogen-bond donors (Lipinski definition) is 2. The molecule has 0 aliphatic rings. The lowest BCUT2D eigenvalue weighted by molar-refractivity contribution is 0.0665. The highest BCUT2D eigenvalue weighted by molar-refractivity contribution is 7.16. The number of halogens is 1. The van der Waals surface area contributed by atoms with Gasteiger partial charge in [-0.2, -0.15) is 0 Å². The van der Waals surface area contributed by atoms with E-state index in [1.54, 1.807) is 23.5 Å². The molecule has 4 nitrogen and oxygen atoms in total. The van der Waals surface area contributed by atoms with Crippen molar-refractivity contribution in [2.75, 3.05) is 0 Å². The third kappa shape index (κ3) is 3.26. The predicted octanol–water partition coefficient (Wildman–Crippen LogP) is 4.14. The Morgan fingerprint density at radius 3 is 2.81 bits per heavy atom. The first-order valence-corrected chi connectivity index (χ1v) is 7.52. The summed E-state index contributed by atoms with van der Waals surface area (Å²) in [5.41, 5.74) is 1.66. The Labute approximate surface area is 130 Å². The van der Waals surface area contributed by atoms with Crippen molar-refractivity contribution in [1.82, 2.24) is 5.32 Å². The van der Waals surface area contributed by atoms with Crippen molar-refractivity contribution in [3.8, 4) is 0 Å². The average molecular weight is 322 g/mol. The van der Waals surface area contributed by atoms with Crippen molar-refractivity contribution in [3.05, 3.63) is 56.9 Å². The number of nitrogens with one attached hydrogen (secondary N) is 1. The molecule has 3 aromatic rings. The number of carbonyl (C=O) groups is 1. The van der Waals surface area contributed by atoms with Crippen molar-refractivity contribution in [1.29, 1.82) is 0 Å². The van der Waals surface area contributed by atoms with E-state index >= 15 is 0 Å². The average Bonchev–Trinajstić information content (AvgIpc) is 3.04. The molecular formula is C15H12ClNO3S. The molecule has 0 spiro atoms. The quantitative estimate of drug-likeness (QED) is 0.741. The van der Waals surface area contributed by atoms with Gasteiger partial charge >= 0.3 is 5.97 Å². The molecule has 2 N–H and O–H groups in total. The molecule has 2 aromatic heterocycles. The van der Waals surface area contributed by atoms with E-state index < -0.39 is 5.97 Å². The fourth-order valence-electron chi connectivity index (χ4n) is 2.08. The second-order valence-corrected chi connectivity index (χ2v) is 6.40. The zero-order valence-electron chi connectivity index (χ0n) is 10.9. The minimum atomic E-state index is -1.06. The number of rotatable bonds is 5. The normalized spacial score (nSPS) is 11.1. The molecule has 1 aromatic carbocycles. The number of carboxylic acid groups (broad SMARTS) is 1. The van der Waals surface area contributed by atoms with Gasteiger partial charge in [0.05, 0.1) is 4.34 Å². The largest absolute Gasteiger partial charge is 0.475 e. The van der Waals surface area contributed by atoms with Gasteiger partial charge in [0.1, 0.15) is 5.58 Å². The maximum Gasteiger partial charge on any atom is 0.371 e. The second-order valence-electron chi connectivity index (χ2n) is 4.60. The van der Waals surface area contributed by atoms with Crippen LogP contribution < -0.4 is 5.32 Å². The van der Waals surface area contributed by atoms with Crippen molar-refractivity contribution < 1.29 is 14.3 Å². The van der Waals surface area contributed by atoms with Gasteiger partial charge in [-0.15, -0.1) is 11.3 Å². The van der Waals surface area contributed by atoms with Crippen LogP contribution in [-0.4, -0.2) is 11.1 Å². The van der Waals surface area contributed by atoms with Gasteiger partial charge in [-0.1, -0.05) is 17.7 Å². The van der Waals surface area contributed by atoms with Crippen molar-refractivity contribution in [3.63, 3.8) is 0 Å². The lowest BCUT2D eigenvalue weighted by Gasteiger charge is -2.03. The molecule has 0 bridgehead atoms. The summed E-state index contributed by atoms with van der Waals surface area (Å²) in [7, 11) is 0. The highest BCUT2D eigenvalue weighted by Gasteiger charge is 2.10. The van der Waals surface area contributed by atoms with Crippen molar-refractivity contribution in [2.45, 2.75) is 13.1 Å². The Balaban J connectivity index is 1.68. The lowest BCUT2D eigenvalue weighted by atomic mass is 10.1. The third-order valence-corrected chi connectivity index (χ3v) is 4.28. The molecular weight excluding hydrogens is 310 g/mol. The predicted molar refractivity (Wildman–Crippen MR) is 83.0 cm³/mol. The first-order valence-electron chi connectivity index (χ1n) is 6.32. The van der Waals surface area contributed by atoms with Crippen LogP contribution in [0, 0.1) is 0 Å². The number of furan rings is 1. The third-order valence-electron chi connectivity index (χ3n) is 3.05. The van der Waals surface area contributed by atoms with E-state index in [4.69, 9.17) is 21.1 Å². The summed E-state index contributed by atoms with van der Waals surface area (Å²) in [6, 6.07) is 11.1. The fraction of sp³-hybridized carbons (Fsp3) is 0.133. The minimum absolute atomic E-state index is 0.0386. The monoisotopic (exact) mass is 321 g/mol. The molecule has 0 saturated carbocycles. The number of hydrogen-bond acceptors (Lipinski definition) is 4. The van der Waals surface area contributed by atoms with Gasteiger partial charge in [0.15, 0.2) is 0 Å². The number of fused-ring (bicyclic) bond motifs is 1. The van der Waals surface area contributed by atoms with Crippen LogP contribution in [0.1, 0.15) is 21.0 Å². The lowest BCUT2D eigenvalue weighted by Crippen LogP contribution is -2.11. The van der Waals surface area contributed by atoms with Gasteiger partial charge in [0.25, 0.3) is 0 Å². The molecule has 108 valence electrons. The van der Waals surface area contributed by atoms with Gasteiger partial charge in [-0.3, -0.25) is 0 Å². The zero-order valence-corrected chi connectivity index (χ0v) is 12.5. The van der Waals surface area contributed by atoms with Gasteiger partial charge < -0.3 is 14.8 Å². The van der Waals surface area contributed by atoms with E-state index in [-0.39, 0.29) is 5.76 Å². The summed E-state index contributed by atoms with van der Waals surface area (Å²) < 4.78 is 6.01. The maximum absolute atomic E-state index is 10.9. The smallest absolute Gasteiger partial charge is 0.371 e. The Hall–Kier alpha value is -1.82. The van der Waals surface area contributed by atoms with E-state index in [0.717, 1.165) is 21.8 Å². The van der Waals surface area contributed by atoms with Gasteiger partial charge in [-0.25, -0.2) is 4.79 Å². The standard InChI is InChI=1S/C15H12ClNO3S/c16-14-4-2-11(21-14)8-17-7-9-1-3-12-10(5-9)6-13(20-12)15(18)19/h1-6,17H,7-8H2,(H,18,19). The summed E-state index contributed by atoms with van der Waals surface area (Å²) in [4.78, 5) is 12.0. The molecule has 21 heavy (non-hydrogen) atoms. The summed E-state index contributed by atoms with van der Waals surface area (Å²) in [6.07, 6.45) is 0. The Kier molecular flexibility index (Phi) is 3.96. The number of thiophene rings is 1. The zero-order chi connectivity index (χ0) is 14.8.